The van der Waals surface area contributed by atoms with Crippen molar-refractivity contribution in [3.63, 3.8) is 0 Å². The molecule has 0 spiro atoms. The summed E-state index contributed by atoms with van der Waals surface area (Å²) in [6.45, 7) is 46.8. The highest BCUT2D eigenvalue weighted by atomic mass is 35.7. The lowest BCUT2D eigenvalue weighted by molar-refractivity contribution is -0.173. The van der Waals surface area contributed by atoms with Crippen LogP contribution in [0.2, 0.25) is 0 Å². The summed E-state index contributed by atoms with van der Waals surface area (Å²) in [6.07, 6.45) is 14.8. The number of likely N-dealkylation sites (N-methyl/N-ethyl adjacent to an activating group) is 1. The molecular formula is C88H157ClN9O34PS2. The SMILES string of the molecule is CC(C)(C)OC(=O)N1CCCC1C(=O)O.CC(C)(C)OC(=O)N1CCCC1C=O.CC(C)(C)OC(=O)N1CCCC1CCC(=O)O.CC(C)(C)OC(=O)N1CCCC1CCC(=O)OS(C)(=O)=O.CCOC.CCOC(=O)/C=C/C1CCCN1C(=O)OC(C)(C)C.CCOC(=O)CP(=O)(OCC)OCC.CON(C)C(=O)C1CCCN1C(=O)OC(C)(C)C.CS(=O)(=O)Cl.Nc1cc(=O)cc[nH]1. The van der Waals surface area contributed by atoms with E-state index in [1.165, 1.54) is 53.3 Å². The van der Waals surface area contributed by atoms with Crippen LogP contribution in [0.1, 0.15) is 262 Å². The minimum atomic E-state index is -3.78. The molecule has 7 heterocycles. The van der Waals surface area contributed by atoms with Gasteiger partial charge in [0.25, 0.3) is 5.91 Å². The molecule has 43 nitrogen and oxygen atoms in total. The fourth-order valence-electron chi connectivity index (χ4n) is 12.4. The Labute approximate surface area is 802 Å². The van der Waals surface area contributed by atoms with Crippen LogP contribution in [0.3, 0.4) is 0 Å². The number of nitrogen functional groups attached to an aromatic ring is 1. The highest BCUT2D eigenvalue weighted by molar-refractivity contribution is 8.13. The number of pyridine rings is 1. The summed E-state index contributed by atoms with van der Waals surface area (Å²) < 4.78 is 112. The molecule has 0 saturated carbocycles. The Morgan fingerprint density at radius 2 is 0.852 bits per heavy atom. The van der Waals surface area contributed by atoms with Crippen molar-refractivity contribution in [3.05, 3.63) is 40.7 Å². The number of hydrogen-bond acceptors (Lipinski definition) is 33. The summed E-state index contributed by atoms with van der Waals surface area (Å²) >= 11 is 0. The highest BCUT2D eigenvalue weighted by Crippen LogP contribution is 2.48. The Morgan fingerprint density at radius 3 is 1.19 bits per heavy atom. The molecule has 1 aromatic heterocycles. The standard InChI is InChI=1S/C14H23NO4.C13H23NO6S.C12H22N2O4.C12H21NO4.C10H17NO4.C10H17NO3.C8H17O5P.C5H6N2O.C3H8O.CH3ClO2S/c1-5-18-12(16)9-8-11-7-6-10-15(11)13(17)19-14(2,3)4;1-13(2,3)19-12(16)14-9-5-6-10(14)7-8-11(15)20-21(4,17)18;1-12(2,3)18-11(16)14-8-6-7-9(14)10(15)13(4)17-5;1-12(2,3)17-11(16)13-8-4-5-9(13)6-7-10(14)15;1-10(2,3)15-9(14)11-6-4-5-7(11)8(12)13;1-10(2,3)14-9(13)11-6-4-5-8(11)7-12;1-4-11-8(9)7-14(10,12-5-2)13-6-3;6-5-3-4(8)1-2-7-5;1-3-4-2;1-5(2,3)4/h8-9,11H,5-7,10H2,1-4H3;10H,5-9H2,1-4H3;9H,6-8H2,1-5H3;9H,4-8H2,1-3H3,(H,14,15);7H,4-6H2,1-3H3,(H,12,13);7-8H,4-6H2,1-3H3;4-7H2,1-3H3;1-3H,(H3,6,7,8);3H2,1-2H3;1H3/b9-8+;;;;;;;;;. The maximum Gasteiger partial charge on any atom is 0.411 e. The van der Waals surface area contributed by atoms with Gasteiger partial charge >= 0.3 is 84.1 Å². The Kier molecular flexibility index (Phi) is 61.0. The summed E-state index contributed by atoms with van der Waals surface area (Å²) in [7, 11) is -1.11. The number of aliphatic carboxylic acids is 2. The molecule has 135 heavy (non-hydrogen) atoms. The molecule has 0 bridgehead atoms. The fraction of sp³-hybridized carbons (Fsp3) is 0.773. The van der Waals surface area contributed by atoms with Crippen molar-refractivity contribution in [1.82, 2.24) is 39.4 Å². The molecule has 0 radical (unpaired) electrons. The van der Waals surface area contributed by atoms with Gasteiger partial charge in [0.1, 0.15) is 64.0 Å². The van der Waals surface area contributed by atoms with Crippen LogP contribution in [0.5, 0.6) is 0 Å². The van der Waals surface area contributed by atoms with E-state index in [1.807, 2.05) is 69.2 Å². The lowest BCUT2D eigenvalue weighted by atomic mass is 10.1. The van der Waals surface area contributed by atoms with Crippen LogP contribution in [0.4, 0.5) is 34.6 Å². The molecule has 1 aromatic rings. The number of H-pyrrole nitrogens is 1. The van der Waals surface area contributed by atoms with Gasteiger partial charge in [0.05, 0.1) is 58.1 Å². The smallest absolute Gasteiger partial charge is 0.411 e. The summed E-state index contributed by atoms with van der Waals surface area (Å²) in [5, 5.41) is 18.7. The number of carboxylic acids is 2. The molecule has 0 aliphatic carbocycles. The Balaban J connectivity index is -0.00000147. The minimum absolute atomic E-state index is 0.0148. The monoisotopic (exact) mass is 2010 g/mol. The second-order valence-electron chi connectivity index (χ2n) is 36.8. The van der Waals surface area contributed by atoms with E-state index in [4.69, 9.17) is 63.0 Å². The number of nitrogens with one attached hydrogen (secondary N) is 1. The molecule has 6 aliphatic heterocycles. The molecule has 6 saturated heterocycles. The predicted molar refractivity (Wildman–Crippen MR) is 504 cm³/mol. The first-order chi connectivity index (χ1) is 61.9. The van der Waals surface area contributed by atoms with E-state index in [9.17, 15) is 88.5 Å². The van der Waals surface area contributed by atoms with Crippen molar-refractivity contribution in [2.24, 2.45) is 0 Å². The van der Waals surface area contributed by atoms with E-state index in [0.717, 1.165) is 94.7 Å². The average Bonchev–Trinajstić information content (AvgIpc) is 1.70. The van der Waals surface area contributed by atoms with Crippen LogP contribution in [-0.2, 0) is 118 Å². The van der Waals surface area contributed by atoms with Gasteiger partial charge < -0.3 is 96.3 Å². The first-order valence-corrected chi connectivity index (χ1v) is 51.0. The minimum Gasteiger partial charge on any atom is -0.481 e. The summed E-state index contributed by atoms with van der Waals surface area (Å²) in [5.41, 5.74) is 1.93. The van der Waals surface area contributed by atoms with Gasteiger partial charge in [-0.25, -0.2) is 51.8 Å². The fourth-order valence-corrected chi connectivity index (χ4v) is 14.2. The molecule has 6 fully saturated rings. The van der Waals surface area contributed by atoms with Gasteiger partial charge in [0.15, 0.2) is 5.43 Å². The highest BCUT2D eigenvalue weighted by Gasteiger charge is 2.41. The van der Waals surface area contributed by atoms with Gasteiger partial charge in [0, 0.05) is 120 Å². The number of methoxy groups -OCH3 is 1. The molecule has 47 heteroatoms. The average molecular weight is 2020 g/mol. The van der Waals surface area contributed by atoms with Crippen molar-refractivity contribution < 1.29 is 155 Å². The number of carbonyl (C=O) groups excluding carboxylic acids is 11. The van der Waals surface area contributed by atoms with Gasteiger partial charge in [0.2, 0.25) is 9.05 Å². The first-order valence-electron chi connectivity index (χ1n) is 44.7. The molecule has 5 N–H and O–H groups in total. The van der Waals surface area contributed by atoms with Crippen molar-refractivity contribution in [3.8, 4) is 0 Å². The van der Waals surface area contributed by atoms with Crippen LogP contribution >= 0.6 is 18.3 Å². The Bertz CT molecular complexity index is 4180. The summed E-state index contributed by atoms with van der Waals surface area (Å²) in [6, 6.07) is 1.07. The topological polar surface area (TPSA) is 549 Å². The number of ether oxygens (including phenoxy) is 9. The number of carbonyl (C=O) groups is 13. The van der Waals surface area contributed by atoms with Gasteiger partial charge in [-0.3, -0.25) is 48.1 Å². The van der Waals surface area contributed by atoms with Crippen molar-refractivity contribution in [2.45, 2.75) is 332 Å². The normalized spacial score (nSPS) is 18.1. The number of halogens is 1. The Morgan fingerprint density at radius 1 is 0.511 bits per heavy atom. The third kappa shape index (κ3) is 64.6. The van der Waals surface area contributed by atoms with Crippen molar-refractivity contribution >= 4 is 122 Å². The number of nitrogens with two attached hydrogens (primary N) is 1. The second kappa shape index (κ2) is 63.4. The lowest BCUT2D eigenvalue weighted by Gasteiger charge is -2.29. The molecule has 782 valence electrons. The molecule has 0 aromatic carbocycles. The number of hydrogen-bond donors (Lipinski definition) is 4. The third-order valence-electron chi connectivity index (χ3n) is 17.7. The van der Waals surface area contributed by atoms with Gasteiger partial charge in [-0.05, 0) is 249 Å². The molecule has 6 atom stereocenters. The zero-order chi connectivity index (χ0) is 105. The zero-order valence-electron chi connectivity index (χ0n) is 84.5. The summed E-state index contributed by atoms with van der Waals surface area (Å²) in [4.78, 5) is 176. The number of carboxylic acid groups (broad SMARTS) is 2. The predicted octanol–water partition coefficient (Wildman–Crippen LogP) is 13.5. The van der Waals surface area contributed by atoms with E-state index in [1.54, 1.807) is 118 Å². The van der Waals surface area contributed by atoms with Crippen molar-refractivity contribution in [1.29, 1.82) is 0 Å². The number of esters is 2. The maximum atomic E-state index is 12.0. The van der Waals surface area contributed by atoms with Gasteiger partial charge in [-0.15, -0.1) is 0 Å². The maximum absolute atomic E-state index is 12.0. The molecular weight excluding hydrogens is 1860 g/mol. The number of rotatable bonds is 22. The van der Waals surface area contributed by atoms with Crippen LogP contribution in [0.25, 0.3) is 0 Å². The van der Waals surface area contributed by atoms with Gasteiger partial charge in [-0.1, -0.05) is 6.08 Å². The number of hydroxylamine groups is 2. The first kappa shape index (κ1) is 130. The second-order valence-corrected chi connectivity index (χ2v) is 43.4. The summed E-state index contributed by atoms with van der Waals surface area (Å²) in [5.74, 6) is -3.33. The number of aldehydes is 1. The molecule has 6 aliphatic rings. The van der Waals surface area contributed by atoms with E-state index >= 15 is 0 Å². The van der Waals surface area contributed by atoms with Crippen molar-refractivity contribution in [2.75, 3.05) is 118 Å². The third-order valence-corrected chi connectivity index (χ3v) is 20.1. The number of anilines is 1. The van der Waals surface area contributed by atoms with Crippen LogP contribution in [0, 0.1) is 0 Å². The number of nitrogens with zero attached hydrogens (tertiary/aromatic N) is 7. The largest absolute Gasteiger partial charge is 0.481 e. The number of amides is 7. The molecule has 7 rings (SSSR count). The molecule has 6 unspecified atom stereocenters. The van der Waals surface area contributed by atoms with Gasteiger partial charge in [-0.2, -0.15) is 8.42 Å². The zero-order valence-corrected chi connectivity index (χ0v) is 87.8. The van der Waals surface area contributed by atoms with E-state index in [2.05, 4.69) is 29.3 Å². The van der Waals surface area contributed by atoms with Crippen LogP contribution in [0.15, 0.2) is 35.3 Å². The van der Waals surface area contributed by atoms with Crippen LogP contribution < -0.4 is 11.2 Å². The van der Waals surface area contributed by atoms with E-state index in [0.29, 0.717) is 77.4 Å². The lowest BCUT2D eigenvalue weighted by Crippen LogP contribution is -2.47. The van der Waals surface area contributed by atoms with Crippen LogP contribution in [-0.4, -0.2) is 327 Å². The van der Waals surface area contributed by atoms with E-state index in [-0.39, 0.29) is 98.6 Å². The number of likely N-dealkylation sites (tertiary alicyclic amines) is 6. The molecule has 7 amide bonds. The number of aromatic nitrogens is 1. The number of aromatic amines is 1. The Hall–Kier alpha value is -9.14. The quantitative estimate of drug-likeness (QED) is 0.0122. The van der Waals surface area contributed by atoms with E-state index < -0.39 is 115 Å².